The topological polar surface area (TPSA) is 32.8 Å². The Hall–Kier alpha value is -0.340. The van der Waals surface area contributed by atoms with Crippen LogP contribution in [0.3, 0.4) is 0 Å². The maximum absolute atomic E-state index is 8.29. The molecule has 0 amide bonds. The quantitative estimate of drug-likeness (QED) is 0.414. The van der Waals surface area contributed by atoms with Gasteiger partial charge in [-0.25, -0.2) is 0 Å². The van der Waals surface area contributed by atoms with Gasteiger partial charge in [0.1, 0.15) is 6.10 Å². The zero-order valence-electron chi connectivity index (χ0n) is 4.87. The van der Waals surface area contributed by atoms with Crippen molar-refractivity contribution in [3.8, 4) is 0 Å². The van der Waals surface area contributed by atoms with Crippen molar-refractivity contribution in [2.24, 2.45) is 0 Å². The summed E-state index contributed by atoms with van der Waals surface area (Å²) in [7, 11) is 0. The molecule has 0 radical (unpaired) electrons. The van der Waals surface area contributed by atoms with E-state index in [0.717, 1.165) is 0 Å². The van der Waals surface area contributed by atoms with Crippen LogP contribution < -0.4 is 0 Å². The van der Waals surface area contributed by atoms with Crippen LogP contribution in [0.15, 0.2) is 12.2 Å². The number of hydrogen-bond acceptors (Lipinski definition) is 2. The lowest BCUT2D eigenvalue weighted by Gasteiger charge is -1.74. The molecule has 0 aromatic heterocycles. The molecule has 0 aromatic carbocycles. The molecule has 1 rings (SSSR count). The van der Waals surface area contributed by atoms with Crippen LogP contribution in [0.1, 0.15) is 6.92 Å². The molecule has 2 nitrogen and oxygen atoms in total. The van der Waals surface area contributed by atoms with E-state index in [1.165, 1.54) is 0 Å². The molecular formula is C6H10O2. The van der Waals surface area contributed by atoms with Crippen LogP contribution in [-0.2, 0) is 4.74 Å². The molecule has 0 saturated carbocycles. The lowest BCUT2D eigenvalue weighted by atomic mass is 10.3. The third-order valence-electron chi connectivity index (χ3n) is 1.19. The second-order valence-electron chi connectivity index (χ2n) is 1.92. The smallest absolute Gasteiger partial charge is 0.102 e. The minimum absolute atomic E-state index is 0.118. The normalized spacial score (nSPS) is 36.2. The van der Waals surface area contributed by atoms with Gasteiger partial charge < -0.3 is 9.84 Å². The molecule has 0 aliphatic carbocycles. The minimum Gasteiger partial charge on any atom is -0.392 e. The van der Waals surface area contributed by atoms with Crippen molar-refractivity contribution in [3.05, 3.63) is 12.2 Å². The predicted molar refractivity (Wildman–Crippen MR) is 30.6 cm³/mol. The number of rotatable bonds is 2. The number of hydrogen-bond donors (Lipinski definition) is 1. The zero-order valence-corrected chi connectivity index (χ0v) is 4.87. The van der Waals surface area contributed by atoms with Crippen molar-refractivity contribution in [1.29, 1.82) is 0 Å². The Morgan fingerprint density at radius 3 is 2.75 bits per heavy atom. The molecule has 1 saturated heterocycles. The van der Waals surface area contributed by atoms with Crippen LogP contribution in [0.4, 0.5) is 0 Å². The average molecular weight is 114 g/mol. The number of ether oxygens (including phenoxy) is 1. The van der Waals surface area contributed by atoms with E-state index in [1.54, 1.807) is 6.08 Å². The highest BCUT2D eigenvalue weighted by Gasteiger charge is 2.30. The van der Waals surface area contributed by atoms with Crippen molar-refractivity contribution < 1.29 is 9.84 Å². The first kappa shape index (κ1) is 5.79. The SMILES string of the molecule is C[C@H]1O[C@@H]1/C=C/CO. The Kier molecular flexibility index (Phi) is 1.65. The third-order valence-corrected chi connectivity index (χ3v) is 1.19. The lowest BCUT2D eigenvalue weighted by Crippen LogP contribution is -1.82. The molecule has 0 bridgehead atoms. The zero-order chi connectivity index (χ0) is 5.98. The molecule has 2 atom stereocenters. The highest BCUT2D eigenvalue weighted by molar-refractivity contribution is 5.00. The first-order valence-electron chi connectivity index (χ1n) is 2.77. The van der Waals surface area contributed by atoms with Crippen LogP contribution >= 0.6 is 0 Å². The lowest BCUT2D eigenvalue weighted by molar-refractivity contribution is 0.341. The van der Waals surface area contributed by atoms with E-state index >= 15 is 0 Å². The van der Waals surface area contributed by atoms with E-state index in [-0.39, 0.29) is 12.7 Å². The standard InChI is InChI=1S/C6H10O2/c1-5-6(8-5)3-2-4-7/h2-3,5-7H,4H2,1H3/b3-2+/t5-,6-/m1/s1. The monoisotopic (exact) mass is 114 g/mol. The Bertz CT molecular complexity index is 98.7. The van der Waals surface area contributed by atoms with Gasteiger partial charge in [-0.05, 0) is 6.92 Å². The van der Waals surface area contributed by atoms with Crippen molar-refractivity contribution in [2.45, 2.75) is 19.1 Å². The van der Waals surface area contributed by atoms with Gasteiger partial charge in [0.2, 0.25) is 0 Å². The molecule has 1 aliphatic heterocycles. The summed E-state index contributed by atoms with van der Waals surface area (Å²) < 4.78 is 5.02. The second-order valence-corrected chi connectivity index (χ2v) is 1.92. The van der Waals surface area contributed by atoms with E-state index < -0.39 is 0 Å². The molecule has 1 aliphatic rings. The molecule has 1 N–H and O–H groups in total. The Balaban J connectivity index is 2.12. The van der Waals surface area contributed by atoms with E-state index in [4.69, 9.17) is 9.84 Å². The fourth-order valence-electron chi connectivity index (χ4n) is 0.599. The van der Waals surface area contributed by atoms with Gasteiger partial charge in [-0.1, -0.05) is 12.2 Å². The molecule has 2 heteroatoms. The fraction of sp³-hybridized carbons (Fsp3) is 0.667. The van der Waals surface area contributed by atoms with Gasteiger partial charge >= 0.3 is 0 Å². The van der Waals surface area contributed by atoms with E-state index in [0.29, 0.717) is 6.10 Å². The molecule has 1 fully saturated rings. The second kappa shape index (κ2) is 2.29. The highest BCUT2D eigenvalue weighted by atomic mass is 16.6. The van der Waals surface area contributed by atoms with Gasteiger partial charge in [0, 0.05) is 0 Å². The highest BCUT2D eigenvalue weighted by Crippen LogP contribution is 2.21. The Morgan fingerprint density at radius 2 is 2.38 bits per heavy atom. The van der Waals surface area contributed by atoms with Gasteiger partial charge in [-0.15, -0.1) is 0 Å². The van der Waals surface area contributed by atoms with E-state index in [2.05, 4.69) is 0 Å². The summed E-state index contributed by atoms with van der Waals surface area (Å²) in [5.41, 5.74) is 0. The fourth-order valence-corrected chi connectivity index (χ4v) is 0.599. The number of aliphatic hydroxyl groups is 1. The van der Waals surface area contributed by atoms with Gasteiger partial charge in [0.25, 0.3) is 0 Å². The van der Waals surface area contributed by atoms with Crippen LogP contribution in [0.5, 0.6) is 0 Å². The van der Waals surface area contributed by atoms with Gasteiger partial charge in [0.15, 0.2) is 0 Å². The van der Waals surface area contributed by atoms with Crippen molar-refractivity contribution in [2.75, 3.05) is 6.61 Å². The summed E-state index contributed by atoms with van der Waals surface area (Å²) in [5, 5.41) is 8.29. The molecule has 1 heterocycles. The van der Waals surface area contributed by atoms with E-state index in [1.807, 2.05) is 13.0 Å². The summed E-state index contributed by atoms with van der Waals surface area (Å²) in [4.78, 5) is 0. The number of aliphatic hydroxyl groups excluding tert-OH is 1. The predicted octanol–water partition coefficient (Wildman–Crippen LogP) is 0.322. The summed E-state index contributed by atoms with van der Waals surface area (Å²) in [6.07, 6.45) is 4.23. The number of epoxide rings is 1. The summed E-state index contributed by atoms with van der Waals surface area (Å²) in [5.74, 6) is 0. The molecule has 0 aromatic rings. The van der Waals surface area contributed by atoms with E-state index in [9.17, 15) is 0 Å². The summed E-state index contributed by atoms with van der Waals surface area (Å²) >= 11 is 0. The van der Waals surface area contributed by atoms with Crippen molar-refractivity contribution in [1.82, 2.24) is 0 Å². The third kappa shape index (κ3) is 1.32. The average Bonchev–Trinajstić information content (AvgIpc) is 2.42. The van der Waals surface area contributed by atoms with Gasteiger partial charge in [-0.3, -0.25) is 0 Å². The molecule has 46 valence electrons. The molecular weight excluding hydrogens is 104 g/mol. The first-order valence-corrected chi connectivity index (χ1v) is 2.77. The van der Waals surface area contributed by atoms with Crippen LogP contribution in [0.2, 0.25) is 0 Å². The minimum atomic E-state index is 0.118. The van der Waals surface area contributed by atoms with Crippen LogP contribution in [0, 0.1) is 0 Å². The maximum Gasteiger partial charge on any atom is 0.102 e. The Morgan fingerprint density at radius 1 is 1.75 bits per heavy atom. The van der Waals surface area contributed by atoms with Crippen LogP contribution in [-0.4, -0.2) is 23.9 Å². The molecule has 8 heavy (non-hydrogen) atoms. The Labute approximate surface area is 48.8 Å². The van der Waals surface area contributed by atoms with Crippen molar-refractivity contribution in [3.63, 3.8) is 0 Å². The van der Waals surface area contributed by atoms with Gasteiger partial charge in [0.05, 0.1) is 12.7 Å². The maximum atomic E-state index is 8.29. The van der Waals surface area contributed by atoms with Crippen LogP contribution in [0.25, 0.3) is 0 Å². The molecule has 0 unspecified atom stereocenters. The first-order chi connectivity index (χ1) is 3.84. The molecule has 0 spiro atoms. The van der Waals surface area contributed by atoms with Crippen molar-refractivity contribution >= 4 is 0 Å². The summed E-state index contributed by atoms with van der Waals surface area (Å²) in [6.45, 7) is 2.12. The van der Waals surface area contributed by atoms with Gasteiger partial charge in [-0.2, -0.15) is 0 Å². The largest absolute Gasteiger partial charge is 0.392 e. The summed E-state index contributed by atoms with van der Waals surface area (Å²) in [6, 6.07) is 0.